The lowest BCUT2D eigenvalue weighted by Crippen LogP contribution is -2.15. The quantitative estimate of drug-likeness (QED) is 0.761. The van der Waals surface area contributed by atoms with Crippen LogP contribution < -0.4 is 0 Å². The molecular formula is C13H26N2. The number of hydrogen-bond donors (Lipinski definition) is 0. The van der Waals surface area contributed by atoms with Crippen LogP contribution in [0.4, 0.5) is 0 Å². The molecule has 1 aromatic heterocycles. The van der Waals surface area contributed by atoms with Gasteiger partial charge in [-0.3, -0.25) is 4.98 Å². The molecular weight excluding hydrogens is 184 g/mol. The van der Waals surface area contributed by atoms with E-state index in [2.05, 4.69) is 30.0 Å². The molecule has 2 heteroatoms. The van der Waals surface area contributed by atoms with Crippen molar-refractivity contribution in [3.05, 3.63) is 30.1 Å². The minimum Gasteiger partial charge on any atom is -0.309 e. The normalized spacial score (nSPS) is 8.47. The Bertz CT molecular complexity index is 195. The third kappa shape index (κ3) is 11.0. The van der Waals surface area contributed by atoms with Crippen LogP contribution >= 0.6 is 0 Å². The first-order chi connectivity index (χ1) is 7.29. The Hall–Kier alpha value is -0.890. The molecule has 0 saturated heterocycles. The summed E-state index contributed by atoms with van der Waals surface area (Å²) in [4.78, 5) is 6.39. The smallest absolute Gasteiger partial charge is 0.0416 e. The summed E-state index contributed by atoms with van der Waals surface area (Å²) in [5.41, 5.74) is 1.17. The Labute approximate surface area is 95.3 Å². The van der Waals surface area contributed by atoms with Gasteiger partial charge in [-0.1, -0.05) is 33.8 Å². The summed E-state index contributed by atoms with van der Waals surface area (Å²) in [7, 11) is 4.14. The number of pyridine rings is 1. The van der Waals surface area contributed by atoms with Gasteiger partial charge in [0.2, 0.25) is 0 Å². The van der Waals surface area contributed by atoms with E-state index in [0.29, 0.717) is 0 Å². The Morgan fingerprint density at radius 3 is 2.07 bits per heavy atom. The van der Waals surface area contributed by atoms with Crippen molar-refractivity contribution >= 4 is 0 Å². The predicted octanol–water partition coefficient (Wildman–Crippen LogP) is 3.24. The second-order valence-corrected chi connectivity index (χ2v) is 2.87. The highest BCUT2D eigenvalue weighted by atomic mass is 15.0. The molecule has 0 atom stereocenters. The van der Waals surface area contributed by atoms with E-state index in [4.69, 9.17) is 0 Å². The number of nitrogens with zero attached hydrogens (tertiary/aromatic N) is 2. The van der Waals surface area contributed by atoms with Crippen LogP contribution in [0.5, 0.6) is 0 Å². The maximum Gasteiger partial charge on any atom is 0.0416 e. The molecule has 15 heavy (non-hydrogen) atoms. The van der Waals surface area contributed by atoms with E-state index in [-0.39, 0.29) is 0 Å². The van der Waals surface area contributed by atoms with Gasteiger partial charge in [0.1, 0.15) is 0 Å². The van der Waals surface area contributed by atoms with E-state index >= 15 is 0 Å². The number of rotatable bonds is 3. The molecule has 1 heterocycles. The Balaban J connectivity index is 0. The topological polar surface area (TPSA) is 16.1 Å². The zero-order valence-corrected chi connectivity index (χ0v) is 11.1. The lowest BCUT2D eigenvalue weighted by atomic mass is 10.3. The van der Waals surface area contributed by atoms with Crippen LogP contribution in [0, 0.1) is 0 Å². The van der Waals surface area contributed by atoms with Crippen molar-refractivity contribution in [3.8, 4) is 0 Å². The molecule has 0 aliphatic heterocycles. The van der Waals surface area contributed by atoms with Gasteiger partial charge in [-0.2, -0.15) is 0 Å². The van der Waals surface area contributed by atoms with Crippen molar-refractivity contribution < 1.29 is 0 Å². The van der Waals surface area contributed by atoms with Gasteiger partial charge in [0.15, 0.2) is 0 Å². The average molecular weight is 210 g/mol. The Morgan fingerprint density at radius 2 is 1.67 bits per heavy atom. The van der Waals surface area contributed by atoms with Gasteiger partial charge in [-0.25, -0.2) is 0 Å². The third-order valence-corrected chi connectivity index (χ3v) is 1.54. The first-order valence-corrected chi connectivity index (χ1v) is 5.83. The summed E-state index contributed by atoms with van der Waals surface area (Å²) < 4.78 is 0. The summed E-state index contributed by atoms with van der Waals surface area (Å²) in [6, 6.07) is 6.03. The minimum absolute atomic E-state index is 1.04. The first-order valence-electron chi connectivity index (χ1n) is 5.83. The summed E-state index contributed by atoms with van der Waals surface area (Å²) in [6.07, 6.45) is 2.87. The molecule has 0 radical (unpaired) electrons. The van der Waals surface area contributed by atoms with E-state index in [0.717, 1.165) is 13.0 Å². The Kier molecular flexibility index (Phi) is 14.5. The van der Waals surface area contributed by atoms with Gasteiger partial charge in [0, 0.05) is 24.9 Å². The lowest BCUT2D eigenvalue weighted by molar-refractivity contribution is 0.412. The van der Waals surface area contributed by atoms with Gasteiger partial charge in [-0.05, 0) is 26.2 Å². The van der Waals surface area contributed by atoms with Crippen molar-refractivity contribution in [2.24, 2.45) is 0 Å². The SMILES string of the molecule is CC.CC.CN(C)CCc1ccccn1. The maximum absolute atomic E-state index is 4.22. The molecule has 0 fully saturated rings. The highest BCUT2D eigenvalue weighted by Gasteiger charge is 1.93. The number of likely N-dealkylation sites (N-methyl/N-ethyl adjacent to an activating group) is 1. The van der Waals surface area contributed by atoms with Crippen molar-refractivity contribution in [3.63, 3.8) is 0 Å². The molecule has 0 amide bonds. The van der Waals surface area contributed by atoms with E-state index < -0.39 is 0 Å². The lowest BCUT2D eigenvalue weighted by Gasteiger charge is -2.07. The molecule has 88 valence electrons. The molecule has 0 aliphatic carbocycles. The molecule has 2 nitrogen and oxygen atoms in total. The molecule has 1 aromatic rings. The van der Waals surface area contributed by atoms with Crippen molar-refractivity contribution in [2.45, 2.75) is 34.1 Å². The fraction of sp³-hybridized carbons (Fsp3) is 0.615. The highest BCUT2D eigenvalue weighted by Crippen LogP contribution is 1.94. The average Bonchev–Trinajstić information content (AvgIpc) is 2.33. The fourth-order valence-corrected chi connectivity index (χ4v) is 0.884. The number of hydrogen-bond acceptors (Lipinski definition) is 2. The van der Waals surface area contributed by atoms with E-state index in [1.54, 1.807) is 0 Å². The fourth-order valence-electron chi connectivity index (χ4n) is 0.884. The third-order valence-electron chi connectivity index (χ3n) is 1.54. The molecule has 0 saturated carbocycles. The number of aromatic nitrogens is 1. The highest BCUT2D eigenvalue weighted by molar-refractivity contribution is 5.03. The van der Waals surface area contributed by atoms with Crippen LogP contribution in [0.3, 0.4) is 0 Å². The summed E-state index contributed by atoms with van der Waals surface area (Å²) in [5, 5.41) is 0. The van der Waals surface area contributed by atoms with Crippen LogP contribution in [-0.4, -0.2) is 30.5 Å². The zero-order valence-electron chi connectivity index (χ0n) is 11.1. The van der Waals surface area contributed by atoms with Crippen LogP contribution in [0.2, 0.25) is 0 Å². The zero-order chi connectivity index (χ0) is 12.1. The molecule has 0 aromatic carbocycles. The van der Waals surface area contributed by atoms with Crippen LogP contribution in [0.1, 0.15) is 33.4 Å². The van der Waals surface area contributed by atoms with Crippen molar-refractivity contribution in [2.75, 3.05) is 20.6 Å². The first kappa shape index (κ1) is 16.5. The maximum atomic E-state index is 4.22. The van der Waals surface area contributed by atoms with Crippen LogP contribution in [-0.2, 0) is 6.42 Å². The van der Waals surface area contributed by atoms with Crippen molar-refractivity contribution in [1.82, 2.24) is 9.88 Å². The molecule has 0 aliphatic rings. The predicted molar refractivity (Wildman–Crippen MR) is 69.2 cm³/mol. The van der Waals surface area contributed by atoms with Crippen molar-refractivity contribution in [1.29, 1.82) is 0 Å². The van der Waals surface area contributed by atoms with Gasteiger partial charge in [-0.15, -0.1) is 0 Å². The van der Waals surface area contributed by atoms with Gasteiger partial charge < -0.3 is 4.90 Å². The van der Waals surface area contributed by atoms with E-state index in [9.17, 15) is 0 Å². The molecule has 0 bridgehead atoms. The molecule has 1 rings (SSSR count). The summed E-state index contributed by atoms with van der Waals surface area (Å²) in [5.74, 6) is 0. The van der Waals surface area contributed by atoms with Gasteiger partial charge in [0.25, 0.3) is 0 Å². The van der Waals surface area contributed by atoms with Gasteiger partial charge >= 0.3 is 0 Å². The summed E-state index contributed by atoms with van der Waals surface area (Å²) in [6.45, 7) is 9.07. The van der Waals surface area contributed by atoms with Crippen LogP contribution in [0.15, 0.2) is 24.4 Å². The molecule has 0 unspecified atom stereocenters. The second-order valence-electron chi connectivity index (χ2n) is 2.87. The monoisotopic (exact) mass is 210 g/mol. The van der Waals surface area contributed by atoms with E-state index in [1.165, 1.54) is 5.69 Å². The summed E-state index contributed by atoms with van der Waals surface area (Å²) >= 11 is 0. The second kappa shape index (κ2) is 13.1. The molecule has 0 spiro atoms. The van der Waals surface area contributed by atoms with Crippen LogP contribution in [0.25, 0.3) is 0 Å². The van der Waals surface area contributed by atoms with E-state index in [1.807, 2.05) is 46.0 Å². The standard InChI is InChI=1S/C9H14N2.2C2H6/c1-11(2)8-6-9-5-3-4-7-10-9;2*1-2/h3-5,7H,6,8H2,1-2H3;2*1-2H3. The Morgan fingerprint density at radius 1 is 1.07 bits per heavy atom. The largest absolute Gasteiger partial charge is 0.309 e. The molecule has 0 N–H and O–H groups in total. The minimum atomic E-state index is 1.04. The van der Waals surface area contributed by atoms with Gasteiger partial charge in [0.05, 0.1) is 0 Å².